The summed E-state index contributed by atoms with van der Waals surface area (Å²) in [4.78, 5) is 82.3. The summed E-state index contributed by atoms with van der Waals surface area (Å²) < 4.78 is 77.6. The van der Waals surface area contributed by atoms with Gasteiger partial charge in [0.05, 0.1) is 35.5 Å². The molecule has 1 aromatic rings. The Morgan fingerprint density at radius 3 is 2.13 bits per heavy atom. The van der Waals surface area contributed by atoms with Gasteiger partial charge in [0.25, 0.3) is 0 Å². The summed E-state index contributed by atoms with van der Waals surface area (Å²) in [6.07, 6.45) is -19.0. The van der Waals surface area contributed by atoms with Gasteiger partial charge in [-0.25, -0.2) is 14.4 Å². The van der Waals surface area contributed by atoms with Crippen LogP contribution < -0.4 is 5.32 Å². The highest BCUT2D eigenvalue weighted by Gasteiger charge is 2.78. The van der Waals surface area contributed by atoms with Crippen molar-refractivity contribution in [2.75, 3.05) is 6.61 Å². The van der Waals surface area contributed by atoms with Crippen LogP contribution in [0.4, 0.5) is 18.0 Å². The lowest BCUT2D eigenvalue weighted by Gasteiger charge is -2.67. The van der Waals surface area contributed by atoms with Crippen molar-refractivity contribution >= 4 is 35.8 Å². The lowest BCUT2D eigenvalue weighted by molar-refractivity contribution is -0.346. The van der Waals surface area contributed by atoms with Gasteiger partial charge in [-0.15, -0.1) is 0 Å². The van der Waals surface area contributed by atoms with Gasteiger partial charge in [0, 0.05) is 25.2 Å². The molecule has 16 nitrogen and oxygen atoms in total. The van der Waals surface area contributed by atoms with E-state index in [0.717, 1.165) is 6.92 Å². The number of carbonyl (C=O) groups is 6. The Morgan fingerprint density at radius 1 is 0.984 bits per heavy atom. The van der Waals surface area contributed by atoms with Crippen LogP contribution in [0.25, 0.3) is 0 Å². The molecule has 336 valence electrons. The maximum absolute atomic E-state index is 15.5. The predicted octanol–water partition coefficient (Wildman–Crippen LogP) is 3.41. The number of Topliss-reactive ketones (excluding diaryl/α,β-unsaturated/α-hetero) is 1. The number of aliphatic hydroxyl groups excluding tert-OH is 2. The zero-order valence-corrected chi connectivity index (χ0v) is 35.0. The van der Waals surface area contributed by atoms with Gasteiger partial charge < -0.3 is 49.1 Å². The number of alkyl carbamates (subject to hydrolysis) is 1. The van der Waals surface area contributed by atoms with Gasteiger partial charge in [-0.3, -0.25) is 14.4 Å². The molecular weight excluding hydrogens is 815 g/mol. The Hall–Kier alpha value is -4.59. The molecule has 0 aromatic heterocycles. The number of alkyl halides is 3. The number of carbonyl (C=O) groups excluding carboxylic acids is 6. The molecule has 1 unspecified atom stereocenters. The number of esters is 4. The van der Waals surface area contributed by atoms with Crippen molar-refractivity contribution in [1.29, 1.82) is 0 Å². The zero-order chi connectivity index (χ0) is 45.4. The van der Waals surface area contributed by atoms with Crippen molar-refractivity contribution in [2.24, 2.45) is 22.7 Å². The van der Waals surface area contributed by atoms with Crippen molar-refractivity contribution in [3.8, 4) is 0 Å². The second-order valence-electron chi connectivity index (χ2n) is 18.4. The average Bonchev–Trinajstić information content (AvgIpc) is 4.00. The standard InChI is InChI=1S/C42H52F3NO15/c1-19-23(57-35(53)27(49)30(42(43,44)45)46-36(54)61-37(3,4)5)17-41(55)32(59-34(52)21-12-10-9-11-13-21)29-39(8,24(48)16-25-40(29,18-56-25)60-20(2)47)31(50)28(26(19)38(41,6)7)58-33(51)22-14-15-22/h9-13,22-25,27-30,32,48-49,55H,14-18H2,1-8H3,(H,46,54)/t23-,24-,25+,27+,28+,29?,30+,32-,39+,40-,41+/m0/s1. The number of ketones is 1. The molecule has 2 bridgehead atoms. The van der Waals surface area contributed by atoms with Gasteiger partial charge >= 0.3 is 36.1 Å². The van der Waals surface area contributed by atoms with E-state index >= 15 is 4.79 Å². The highest BCUT2D eigenvalue weighted by molar-refractivity contribution is 5.96. The van der Waals surface area contributed by atoms with Crippen molar-refractivity contribution in [2.45, 2.75) is 147 Å². The van der Waals surface area contributed by atoms with Gasteiger partial charge in [-0.1, -0.05) is 32.0 Å². The molecule has 1 heterocycles. The average molecular weight is 868 g/mol. The Kier molecular flexibility index (Phi) is 11.8. The van der Waals surface area contributed by atoms with Crippen LogP contribution in [-0.4, -0.2) is 123 Å². The fourth-order valence-corrected chi connectivity index (χ4v) is 9.50. The van der Waals surface area contributed by atoms with Crippen LogP contribution in [0.2, 0.25) is 0 Å². The summed E-state index contributed by atoms with van der Waals surface area (Å²) in [6, 6.07) is 4.21. The molecule has 5 aliphatic rings. The monoisotopic (exact) mass is 867 g/mol. The van der Waals surface area contributed by atoms with E-state index in [9.17, 15) is 52.5 Å². The van der Waals surface area contributed by atoms with Crippen LogP contribution in [0.3, 0.4) is 0 Å². The molecule has 11 atom stereocenters. The summed E-state index contributed by atoms with van der Waals surface area (Å²) in [5.41, 5.74) is -10.0. The quantitative estimate of drug-likeness (QED) is 0.158. The highest BCUT2D eigenvalue weighted by Crippen LogP contribution is 2.64. The topological polar surface area (TPSA) is 231 Å². The third-order valence-corrected chi connectivity index (χ3v) is 12.9. The second kappa shape index (κ2) is 15.6. The fraction of sp³-hybridized carbons (Fsp3) is 0.667. The van der Waals surface area contributed by atoms with E-state index in [-0.39, 0.29) is 23.1 Å². The Balaban J connectivity index is 1.55. The van der Waals surface area contributed by atoms with E-state index in [4.69, 9.17) is 28.4 Å². The molecule has 61 heavy (non-hydrogen) atoms. The molecule has 19 heteroatoms. The Bertz CT molecular complexity index is 1990. The minimum absolute atomic E-state index is 0.0286. The maximum Gasteiger partial charge on any atom is 0.411 e. The van der Waals surface area contributed by atoms with Crippen LogP contribution in [0.15, 0.2) is 41.5 Å². The molecule has 4 aliphatic carbocycles. The molecule has 1 aliphatic heterocycles. The van der Waals surface area contributed by atoms with Crippen LogP contribution in [0.1, 0.15) is 91.4 Å². The maximum atomic E-state index is 15.5. The first kappa shape index (κ1) is 45.9. The number of fused-ring (bicyclic) bond motifs is 5. The van der Waals surface area contributed by atoms with Crippen molar-refractivity contribution < 1.29 is 85.7 Å². The summed E-state index contributed by atoms with van der Waals surface area (Å²) in [7, 11) is 0. The van der Waals surface area contributed by atoms with Gasteiger partial charge in [0.2, 0.25) is 0 Å². The van der Waals surface area contributed by atoms with E-state index in [1.165, 1.54) is 78.0 Å². The number of hydrogen-bond acceptors (Lipinski definition) is 15. The Morgan fingerprint density at radius 2 is 1.61 bits per heavy atom. The number of hydrogen-bond donors (Lipinski definition) is 4. The lowest BCUT2D eigenvalue weighted by Crippen LogP contribution is -2.82. The van der Waals surface area contributed by atoms with Crippen molar-refractivity contribution in [1.82, 2.24) is 5.32 Å². The zero-order valence-electron chi connectivity index (χ0n) is 35.0. The smallest absolute Gasteiger partial charge is 0.411 e. The molecule has 0 radical (unpaired) electrons. The number of rotatable bonds is 9. The van der Waals surface area contributed by atoms with Gasteiger partial charge in [0.15, 0.2) is 29.6 Å². The van der Waals surface area contributed by atoms with Crippen LogP contribution in [0, 0.1) is 22.7 Å². The van der Waals surface area contributed by atoms with E-state index in [2.05, 4.69) is 0 Å². The SMILES string of the molecule is CC(=O)O[C@@]12CO[C@@H]1C[C@H](O)[C@@]1(C)C(=O)[C@H](OC(=O)C3CC3)C3=C(C)[C@@H](OC(=O)[C@H](O)[C@@H](NC(=O)OC(C)(C)C)C(F)(F)F)C[C@@](O)([C@@H](OC(=O)c4ccccc4)C12)C3(C)C. The molecule has 6 rings (SSSR count). The number of benzene rings is 1. The van der Waals surface area contributed by atoms with Crippen molar-refractivity contribution in [3.63, 3.8) is 0 Å². The number of ether oxygens (including phenoxy) is 6. The molecule has 1 saturated heterocycles. The second-order valence-corrected chi connectivity index (χ2v) is 18.4. The van der Waals surface area contributed by atoms with Gasteiger partial charge in [0.1, 0.15) is 29.5 Å². The van der Waals surface area contributed by atoms with E-state index in [1.807, 2.05) is 0 Å². The molecule has 3 saturated carbocycles. The van der Waals surface area contributed by atoms with Gasteiger partial charge in [-0.05, 0) is 70.7 Å². The largest absolute Gasteiger partial charge is 0.456 e. The number of aliphatic hydroxyl groups is 3. The predicted molar refractivity (Wildman–Crippen MR) is 201 cm³/mol. The lowest BCUT2D eigenvalue weighted by atomic mass is 9.44. The minimum atomic E-state index is -5.44. The van der Waals surface area contributed by atoms with Gasteiger partial charge in [-0.2, -0.15) is 13.2 Å². The molecule has 4 N–H and O–H groups in total. The molecule has 0 spiro atoms. The van der Waals surface area contributed by atoms with E-state index < -0.39 is 137 Å². The third-order valence-electron chi connectivity index (χ3n) is 12.9. The van der Waals surface area contributed by atoms with Crippen LogP contribution in [0.5, 0.6) is 0 Å². The number of halogens is 3. The van der Waals surface area contributed by atoms with Crippen molar-refractivity contribution in [3.05, 3.63) is 47.0 Å². The fourth-order valence-electron chi connectivity index (χ4n) is 9.50. The van der Waals surface area contributed by atoms with Crippen LogP contribution >= 0.6 is 0 Å². The Labute approximate surface area is 349 Å². The summed E-state index contributed by atoms with van der Waals surface area (Å²) in [5.74, 6) is -7.92. The van der Waals surface area contributed by atoms with E-state index in [1.54, 1.807) is 6.07 Å². The normalized spacial score (nSPS) is 34.1. The molecule has 4 fully saturated rings. The first-order chi connectivity index (χ1) is 28.1. The molecule has 1 aromatic carbocycles. The minimum Gasteiger partial charge on any atom is -0.456 e. The van der Waals surface area contributed by atoms with E-state index in [0.29, 0.717) is 12.8 Å². The first-order valence-corrected chi connectivity index (χ1v) is 20.0. The summed E-state index contributed by atoms with van der Waals surface area (Å²) in [5, 5.41) is 37.9. The third kappa shape index (κ3) is 8.02. The van der Waals surface area contributed by atoms with Crippen LogP contribution in [-0.2, 0) is 47.6 Å². The molecular formula is C42H52F3NO15. The number of amides is 1. The first-order valence-electron chi connectivity index (χ1n) is 20.0. The highest BCUT2D eigenvalue weighted by atomic mass is 19.4. The summed E-state index contributed by atoms with van der Waals surface area (Å²) >= 11 is 0. The number of nitrogens with one attached hydrogen (secondary N) is 1. The summed E-state index contributed by atoms with van der Waals surface area (Å²) in [6.45, 7) is 10.3. The molecule has 1 amide bonds.